The van der Waals surface area contributed by atoms with Crippen LogP contribution in [0, 0.1) is 27.7 Å². The molecule has 0 saturated carbocycles. The Kier molecular flexibility index (Phi) is 3.89. The van der Waals surface area contributed by atoms with Crippen molar-refractivity contribution in [3.05, 3.63) is 58.0 Å². The summed E-state index contributed by atoms with van der Waals surface area (Å²) in [4.78, 5) is 4.86. The number of hydrogen-bond acceptors (Lipinski definition) is 4. The molecule has 0 radical (unpaired) electrons. The molecule has 3 aromatic rings. The molecule has 6 nitrogen and oxygen atoms in total. The molecule has 2 aromatic heterocycles. The molecule has 0 unspecified atom stereocenters. The predicted molar refractivity (Wildman–Crippen MR) is 99.7 cm³/mol. The molecule has 0 bridgehead atoms. The fourth-order valence-electron chi connectivity index (χ4n) is 3.94. The second-order valence-corrected chi connectivity index (χ2v) is 8.98. The average Bonchev–Trinajstić information content (AvgIpc) is 2.93. The predicted octanol–water partition coefficient (Wildman–Crippen LogP) is 2.71. The lowest BCUT2D eigenvalue weighted by Gasteiger charge is -2.29. The van der Waals surface area contributed by atoms with Gasteiger partial charge in [-0.1, -0.05) is 17.7 Å². The first-order chi connectivity index (χ1) is 12.3. The normalized spacial score (nSPS) is 15.4. The van der Waals surface area contributed by atoms with Crippen LogP contribution in [0.25, 0.3) is 5.65 Å². The molecule has 0 spiro atoms. The lowest BCUT2D eigenvalue weighted by molar-refractivity contribution is 0.383. The molecule has 0 N–H and O–H groups in total. The summed E-state index contributed by atoms with van der Waals surface area (Å²) in [6.07, 6.45) is 2.40. The van der Waals surface area contributed by atoms with E-state index in [0.717, 1.165) is 39.3 Å². The molecular weight excluding hydrogens is 348 g/mol. The largest absolute Gasteiger partial charge is 0.243 e. The maximum Gasteiger partial charge on any atom is 0.243 e. The topological polar surface area (TPSA) is 67.6 Å². The standard InChI is InChI=1S/C19H22N4O2S/c1-12-7-13(2)19(14(3)8-12)26(24,25)22-6-5-17-16(11-22)10-20-18-9-15(4)21-23(17)18/h7-10H,5-6,11H2,1-4H3. The fraction of sp³-hybridized carbons (Fsp3) is 0.368. The summed E-state index contributed by atoms with van der Waals surface area (Å²) < 4.78 is 30.0. The van der Waals surface area contributed by atoms with E-state index >= 15 is 0 Å². The Hall–Kier alpha value is -2.25. The van der Waals surface area contributed by atoms with E-state index in [1.165, 1.54) is 0 Å². The minimum absolute atomic E-state index is 0.326. The summed E-state index contributed by atoms with van der Waals surface area (Å²) in [6.45, 7) is 8.41. The van der Waals surface area contributed by atoms with Gasteiger partial charge in [0.2, 0.25) is 10.0 Å². The minimum Gasteiger partial charge on any atom is -0.237 e. The molecule has 0 atom stereocenters. The smallest absolute Gasteiger partial charge is 0.237 e. The summed E-state index contributed by atoms with van der Waals surface area (Å²) >= 11 is 0. The third-order valence-corrected chi connectivity index (χ3v) is 7.09. The van der Waals surface area contributed by atoms with E-state index in [1.807, 2.05) is 50.4 Å². The van der Waals surface area contributed by atoms with Crippen molar-refractivity contribution in [1.29, 1.82) is 0 Å². The Labute approximate surface area is 153 Å². The zero-order valence-corrected chi connectivity index (χ0v) is 16.3. The van der Waals surface area contributed by atoms with E-state index in [4.69, 9.17) is 0 Å². The van der Waals surface area contributed by atoms with Crippen LogP contribution in [0.3, 0.4) is 0 Å². The van der Waals surface area contributed by atoms with Crippen LogP contribution in [-0.2, 0) is 23.0 Å². The van der Waals surface area contributed by atoms with Crippen molar-refractivity contribution >= 4 is 15.7 Å². The second-order valence-electron chi connectivity index (χ2n) is 7.10. The monoisotopic (exact) mass is 370 g/mol. The van der Waals surface area contributed by atoms with Crippen molar-refractivity contribution in [2.24, 2.45) is 0 Å². The molecule has 1 aliphatic heterocycles. The molecule has 1 aromatic carbocycles. The first-order valence-corrected chi connectivity index (χ1v) is 10.1. The summed E-state index contributed by atoms with van der Waals surface area (Å²) in [5.74, 6) is 0. The average molecular weight is 370 g/mol. The van der Waals surface area contributed by atoms with E-state index < -0.39 is 10.0 Å². The quantitative estimate of drug-likeness (QED) is 0.696. The van der Waals surface area contributed by atoms with Crippen LogP contribution >= 0.6 is 0 Å². The number of benzene rings is 1. The summed E-state index contributed by atoms with van der Waals surface area (Å²) in [6, 6.07) is 5.78. The van der Waals surface area contributed by atoms with Crippen LogP contribution in [0.5, 0.6) is 0 Å². The number of sulfonamides is 1. The van der Waals surface area contributed by atoms with Crippen molar-refractivity contribution in [1.82, 2.24) is 18.9 Å². The molecule has 0 fully saturated rings. The highest BCUT2D eigenvalue weighted by Gasteiger charge is 2.32. The van der Waals surface area contributed by atoms with E-state index in [9.17, 15) is 8.42 Å². The zero-order chi connectivity index (χ0) is 18.6. The fourth-order valence-corrected chi connectivity index (χ4v) is 5.77. The summed E-state index contributed by atoms with van der Waals surface area (Å²) in [5, 5.41) is 4.50. The van der Waals surface area contributed by atoms with E-state index in [-0.39, 0.29) is 0 Å². The van der Waals surface area contributed by atoms with Gasteiger partial charge < -0.3 is 0 Å². The third-order valence-electron chi connectivity index (χ3n) is 4.94. The molecule has 3 heterocycles. The van der Waals surface area contributed by atoms with Crippen LogP contribution < -0.4 is 0 Å². The second kappa shape index (κ2) is 5.89. The number of hydrogen-bond donors (Lipinski definition) is 0. The lowest BCUT2D eigenvalue weighted by atomic mass is 10.1. The van der Waals surface area contributed by atoms with Gasteiger partial charge in [-0.3, -0.25) is 0 Å². The minimum atomic E-state index is -3.56. The van der Waals surface area contributed by atoms with Crippen molar-refractivity contribution in [2.75, 3.05) is 6.54 Å². The number of nitrogens with zero attached hydrogens (tertiary/aromatic N) is 4. The number of rotatable bonds is 2. The third kappa shape index (κ3) is 2.62. The Morgan fingerprint density at radius 1 is 1.04 bits per heavy atom. The highest BCUT2D eigenvalue weighted by atomic mass is 32.2. The van der Waals surface area contributed by atoms with Crippen LogP contribution in [0.1, 0.15) is 33.6 Å². The van der Waals surface area contributed by atoms with Crippen molar-refractivity contribution in [3.63, 3.8) is 0 Å². The van der Waals surface area contributed by atoms with Gasteiger partial charge in [0.05, 0.1) is 16.3 Å². The summed E-state index contributed by atoms with van der Waals surface area (Å²) in [7, 11) is -3.56. The first-order valence-electron chi connectivity index (χ1n) is 8.68. The van der Waals surface area contributed by atoms with Crippen molar-refractivity contribution in [3.8, 4) is 0 Å². The lowest BCUT2D eigenvalue weighted by Crippen LogP contribution is -2.37. The van der Waals surface area contributed by atoms with Crippen LogP contribution in [0.2, 0.25) is 0 Å². The van der Waals surface area contributed by atoms with Crippen molar-refractivity contribution < 1.29 is 8.42 Å². The molecule has 0 amide bonds. The molecule has 136 valence electrons. The van der Waals surface area contributed by atoms with Crippen LogP contribution in [-0.4, -0.2) is 33.9 Å². The Morgan fingerprint density at radius 3 is 2.42 bits per heavy atom. The number of aromatic nitrogens is 3. The molecule has 4 rings (SSSR count). The van der Waals surface area contributed by atoms with E-state index in [2.05, 4.69) is 10.1 Å². The van der Waals surface area contributed by atoms with Gasteiger partial charge in [0.25, 0.3) is 0 Å². The first kappa shape index (κ1) is 17.2. The molecule has 1 aliphatic rings. The molecular formula is C19H22N4O2S. The molecule has 0 aliphatic carbocycles. The summed E-state index contributed by atoms with van der Waals surface area (Å²) in [5.41, 5.74) is 6.34. The Balaban J connectivity index is 1.76. The maximum absolute atomic E-state index is 13.3. The SMILES string of the molecule is Cc1cc(C)c(S(=O)(=O)N2CCc3c(cnc4cc(C)nn34)C2)c(C)c1. The molecule has 7 heteroatoms. The van der Waals surface area contributed by atoms with Crippen LogP contribution in [0.15, 0.2) is 29.3 Å². The highest BCUT2D eigenvalue weighted by molar-refractivity contribution is 7.89. The van der Waals surface area contributed by atoms with Gasteiger partial charge in [-0.2, -0.15) is 9.40 Å². The van der Waals surface area contributed by atoms with Gasteiger partial charge in [0.1, 0.15) is 0 Å². The highest BCUT2D eigenvalue weighted by Crippen LogP contribution is 2.29. The van der Waals surface area contributed by atoms with E-state index in [1.54, 1.807) is 10.5 Å². The Bertz CT molecular complexity index is 1110. The van der Waals surface area contributed by atoms with Gasteiger partial charge >= 0.3 is 0 Å². The number of aryl methyl sites for hydroxylation is 4. The van der Waals surface area contributed by atoms with Crippen LogP contribution in [0.4, 0.5) is 0 Å². The van der Waals surface area contributed by atoms with Crippen molar-refractivity contribution in [2.45, 2.75) is 45.6 Å². The Morgan fingerprint density at radius 2 is 1.73 bits per heavy atom. The van der Waals surface area contributed by atoms with Gasteiger partial charge in [0, 0.05) is 37.3 Å². The zero-order valence-electron chi connectivity index (χ0n) is 15.4. The van der Waals surface area contributed by atoms with E-state index in [0.29, 0.717) is 24.4 Å². The van der Waals surface area contributed by atoms with Gasteiger partial charge in [-0.15, -0.1) is 0 Å². The van der Waals surface area contributed by atoms with Gasteiger partial charge in [0.15, 0.2) is 5.65 Å². The molecule has 26 heavy (non-hydrogen) atoms. The maximum atomic E-state index is 13.3. The molecule has 0 saturated heterocycles. The number of fused-ring (bicyclic) bond motifs is 3. The van der Waals surface area contributed by atoms with Gasteiger partial charge in [-0.05, 0) is 38.8 Å². The van der Waals surface area contributed by atoms with Gasteiger partial charge in [-0.25, -0.2) is 17.9 Å².